The van der Waals surface area contributed by atoms with Crippen molar-refractivity contribution in [3.63, 3.8) is 0 Å². The molecular weight excluding hydrogens is 351 g/mol. The predicted molar refractivity (Wildman–Crippen MR) is 91.5 cm³/mol. The molecule has 0 radical (unpaired) electrons. The second kappa shape index (κ2) is 7.14. The molecule has 24 heavy (non-hydrogen) atoms. The van der Waals surface area contributed by atoms with E-state index in [9.17, 15) is 12.8 Å². The molecule has 1 aromatic heterocycles. The number of hydrogen-bond donors (Lipinski definition) is 2. The van der Waals surface area contributed by atoms with E-state index >= 15 is 0 Å². The maximum Gasteiger partial charge on any atom is 0.240 e. The van der Waals surface area contributed by atoms with Gasteiger partial charge in [0.25, 0.3) is 0 Å². The quantitative estimate of drug-likeness (QED) is 0.838. The molecule has 2 aromatic rings. The second-order valence-electron chi connectivity index (χ2n) is 5.82. The fourth-order valence-electron chi connectivity index (χ4n) is 2.83. The van der Waals surface area contributed by atoms with Crippen molar-refractivity contribution in [2.75, 3.05) is 18.8 Å². The van der Waals surface area contributed by atoms with Crippen LogP contribution in [-0.4, -0.2) is 37.4 Å². The Kier molecular flexibility index (Phi) is 5.14. The molecule has 3 rings (SSSR count). The zero-order chi connectivity index (χ0) is 17.2. The van der Waals surface area contributed by atoms with Gasteiger partial charge in [-0.1, -0.05) is 6.07 Å². The third-order valence-electron chi connectivity index (χ3n) is 3.88. The molecule has 1 aromatic carbocycles. The highest BCUT2D eigenvalue weighted by Crippen LogP contribution is 2.20. The summed E-state index contributed by atoms with van der Waals surface area (Å²) in [6.07, 6.45) is 3.40. The molecule has 1 aliphatic rings. The van der Waals surface area contributed by atoms with Crippen LogP contribution in [-0.2, 0) is 16.6 Å². The predicted octanol–water partition coefficient (Wildman–Crippen LogP) is 1.81. The zero-order valence-electron chi connectivity index (χ0n) is 13.0. The van der Waals surface area contributed by atoms with Crippen LogP contribution in [0.1, 0.15) is 17.7 Å². The van der Waals surface area contributed by atoms with E-state index in [1.54, 1.807) is 6.20 Å². The van der Waals surface area contributed by atoms with E-state index in [1.807, 2.05) is 0 Å². The maximum absolute atomic E-state index is 13.3. The SMILES string of the molecule is Nc1ncc(CN2CCCC(NS(=O)(=O)c3cccc(F)c3)C2)s1. The summed E-state index contributed by atoms with van der Waals surface area (Å²) in [7, 11) is -3.72. The van der Waals surface area contributed by atoms with Crippen molar-refractivity contribution in [2.24, 2.45) is 0 Å². The Labute approximate surface area is 144 Å². The number of nitrogens with zero attached hydrogens (tertiary/aromatic N) is 2. The van der Waals surface area contributed by atoms with Gasteiger partial charge < -0.3 is 5.73 Å². The maximum atomic E-state index is 13.3. The van der Waals surface area contributed by atoms with Crippen LogP contribution in [0, 0.1) is 5.82 Å². The number of sulfonamides is 1. The number of rotatable bonds is 5. The Morgan fingerprint density at radius 3 is 3.00 bits per heavy atom. The molecule has 1 saturated heterocycles. The first kappa shape index (κ1) is 17.3. The Morgan fingerprint density at radius 1 is 1.46 bits per heavy atom. The summed E-state index contributed by atoms with van der Waals surface area (Å²) >= 11 is 1.44. The van der Waals surface area contributed by atoms with Crippen LogP contribution >= 0.6 is 11.3 Å². The van der Waals surface area contributed by atoms with E-state index in [2.05, 4.69) is 14.6 Å². The van der Waals surface area contributed by atoms with Crippen LogP contribution in [0.5, 0.6) is 0 Å². The first-order chi connectivity index (χ1) is 11.4. The highest BCUT2D eigenvalue weighted by molar-refractivity contribution is 7.89. The van der Waals surface area contributed by atoms with E-state index in [-0.39, 0.29) is 10.9 Å². The highest BCUT2D eigenvalue weighted by atomic mass is 32.2. The van der Waals surface area contributed by atoms with Gasteiger partial charge in [-0.2, -0.15) is 0 Å². The molecule has 9 heteroatoms. The molecule has 0 aliphatic carbocycles. The molecular formula is C15H19FN4O2S2. The molecule has 1 unspecified atom stereocenters. The zero-order valence-corrected chi connectivity index (χ0v) is 14.6. The number of hydrogen-bond acceptors (Lipinski definition) is 6. The summed E-state index contributed by atoms with van der Waals surface area (Å²) in [5, 5.41) is 0.533. The van der Waals surface area contributed by atoms with Crippen LogP contribution in [0.15, 0.2) is 35.4 Å². The molecule has 0 spiro atoms. The van der Waals surface area contributed by atoms with Gasteiger partial charge in [0.1, 0.15) is 5.82 Å². The molecule has 0 amide bonds. The molecule has 130 valence electrons. The van der Waals surface area contributed by atoms with Gasteiger partial charge >= 0.3 is 0 Å². The summed E-state index contributed by atoms with van der Waals surface area (Å²) in [5.74, 6) is -0.564. The average molecular weight is 370 g/mol. The number of aromatic nitrogens is 1. The molecule has 3 N–H and O–H groups in total. The minimum Gasteiger partial charge on any atom is -0.375 e. The van der Waals surface area contributed by atoms with Crippen molar-refractivity contribution < 1.29 is 12.8 Å². The van der Waals surface area contributed by atoms with Gasteiger partial charge in [0.15, 0.2) is 5.13 Å². The molecule has 1 fully saturated rings. The van der Waals surface area contributed by atoms with Gasteiger partial charge in [-0.25, -0.2) is 22.5 Å². The van der Waals surface area contributed by atoms with Gasteiger partial charge in [0.05, 0.1) is 4.90 Å². The van der Waals surface area contributed by atoms with Gasteiger partial charge in [-0.05, 0) is 37.6 Å². The fraction of sp³-hybridized carbons (Fsp3) is 0.400. The van der Waals surface area contributed by atoms with E-state index in [4.69, 9.17) is 5.73 Å². The third kappa shape index (κ3) is 4.29. The lowest BCUT2D eigenvalue weighted by Crippen LogP contribution is -2.47. The van der Waals surface area contributed by atoms with Crippen LogP contribution in [0.4, 0.5) is 9.52 Å². The normalized spacial score (nSPS) is 19.5. The average Bonchev–Trinajstić information content (AvgIpc) is 2.92. The molecule has 0 saturated carbocycles. The topological polar surface area (TPSA) is 88.3 Å². The van der Waals surface area contributed by atoms with E-state index < -0.39 is 15.8 Å². The third-order valence-corrected chi connectivity index (χ3v) is 6.21. The lowest BCUT2D eigenvalue weighted by molar-refractivity contribution is 0.196. The first-order valence-electron chi connectivity index (χ1n) is 7.63. The lowest BCUT2D eigenvalue weighted by atomic mass is 10.1. The summed E-state index contributed by atoms with van der Waals surface area (Å²) in [6.45, 7) is 2.20. The van der Waals surface area contributed by atoms with Gasteiger partial charge in [-0.15, -0.1) is 11.3 Å². The largest absolute Gasteiger partial charge is 0.375 e. The van der Waals surface area contributed by atoms with E-state index in [1.165, 1.54) is 29.5 Å². The van der Waals surface area contributed by atoms with Gasteiger partial charge in [-0.3, -0.25) is 4.90 Å². The Balaban J connectivity index is 1.64. The lowest BCUT2D eigenvalue weighted by Gasteiger charge is -2.32. The number of benzene rings is 1. The van der Waals surface area contributed by atoms with Crippen molar-refractivity contribution in [1.29, 1.82) is 0 Å². The fourth-order valence-corrected chi connectivity index (χ4v) is 4.85. The number of piperidine rings is 1. The number of halogens is 1. The van der Waals surface area contributed by atoms with E-state index in [0.717, 1.165) is 30.3 Å². The highest BCUT2D eigenvalue weighted by Gasteiger charge is 2.25. The Bertz CT molecular complexity index is 809. The molecule has 1 aliphatic heterocycles. The van der Waals surface area contributed by atoms with Crippen molar-refractivity contribution in [3.8, 4) is 0 Å². The summed E-state index contributed by atoms with van der Waals surface area (Å²) < 4.78 is 40.8. The summed E-state index contributed by atoms with van der Waals surface area (Å²) in [5.41, 5.74) is 5.64. The smallest absolute Gasteiger partial charge is 0.240 e. The summed E-state index contributed by atoms with van der Waals surface area (Å²) in [4.78, 5) is 7.22. The molecule has 6 nitrogen and oxygen atoms in total. The monoisotopic (exact) mass is 370 g/mol. The Morgan fingerprint density at radius 2 is 2.29 bits per heavy atom. The molecule has 0 bridgehead atoms. The molecule has 1 atom stereocenters. The number of likely N-dealkylation sites (tertiary alicyclic amines) is 1. The second-order valence-corrected chi connectivity index (χ2v) is 8.68. The van der Waals surface area contributed by atoms with Crippen LogP contribution in [0.3, 0.4) is 0 Å². The number of nitrogen functional groups attached to an aromatic ring is 1. The first-order valence-corrected chi connectivity index (χ1v) is 9.93. The van der Waals surface area contributed by atoms with Crippen molar-refractivity contribution >= 4 is 26.5 Å². The number of nitrogens with two attached hydrogens (primary N) is 1. The van der Waals surface area contributed by atoms with Crippen LogP contribution in [0.25, 0.3) is 0 Å². The minimum atomic E-state index is -3.72. The van der Waals surface area contributed by atoms with Crippen molar-refractivity contribution in [1.82, 2.24) is 14.6 Å². The van der Waals surface area contributed by atoms with Crippen LogP contribution < -0.4 is 10.5 Å². The van der Waals surface area contributed by atoms with Gasteiger partial charge in [0, 0.05) is 30.2 Å². The number of thiazole rings is 1. The van der Waals surface area contributed by atoms with Crippen LogP contribution in [0.2, 0.25) is 0 Å². The van der Waals surface area contributed by atoms with E-state index in [0.29, 0.717) is 18.2 Å². The standard InChI is InChI=1S/C15H19FN4O2S2/c16-11-3-1-5-14(7-11)24(21,22)19-12-4-2-6-20(9-12)10-13-8-18-15(17)23-13/h1,3,5,7-8,12,19H,2,4,6,9-10H2,(H2,17,18). The van der Waals surface area contributed by atoms with Crippen molar-refractivity contribution in [3.05, 3.63) is 41.2 Å². The minimum absolute atomic E-state index is 0.0464. The number of anilines is 1. The summed E-state index contributed by atoms with van der Waals surface area (Å²) in [6, 6.07) is 4.85. The van der Waals surface area contributed by atoms with Gasteiger partial charge in [0.2, 0.25) is 10.0 Å². The molecule has 2 heterocycles. The Hall–Kier alpha value is -1.55. The van der Waals surface area contributed by atoms with Crippen molar-refractivity contribution in [2.45, 2.75) is 30.3 Å². The number of nitrogens with one attached hydrogen (secondary N) is 1.